The first-order valence-electron chi connectivity index (χ1n) is 6.62. The lowest BCUT2D eigenvalue weighted by molar-refractivity contribution is -0.136. The number of methoxy groups -OCH3 is 1. The molecule has 0 fully saturated rings. The lowest BCUT2D eigenvalue weighted by atomic mass is 10.1. The molecule has 2 aromatic rings. The van der Waals surface area contributed by atoms with Crippen molar-refractivity contribution in [2.45, 2.75) is 0 Å². The number of ether oxygens (including phenoxy) is 1. The molecule has 0 atom stereocenters. The minimum atomic E-state index is -0.636. The van der Waals surface area contributed by atoms with Crippen molar-refractivity contribution in [2.75, 3.05) is 7.11 Å². The van der Waals surface area contributed by atoms with Gasteiger partial charge in [0.1, 0.15) is 5.70 Å². The van der Waals surface area contributed by atoms with Gasteiger partial charge in [0, 0.05) is 15.1 Å². The largest absolute Gasteiger partial charge is 0.464 e. The number of amides is 1. The van der Waals surface area contributed by atoms with Crippen LogP contribution in [0.3, 0.4) is 0 Å². The van der Waals surface area contributed by atoms with E-state index in [-0.39, 0.29) is 5.70 Å². The zero-order valence-corrected chi connectivity index (χ0v) is 14.5. The highest BCUT2D eigenvalue weighted by molar-refractivity contribution is 9.10. The number of carbonyl (C=O) groups is 2. The minimum Gasteiger partial charge on any atom is -0.464 e. The summed E-state index contributed by atoms with van der Waals surface area (Å²) in [6, 6.07) is 13.7. The quantitative estimate of drug-likeness (QED) is 0.629. The summed E-state index contributed by atoms with van der Waals surface area (Å²) in [4.78, 5) is 24.1. The van der Waals surface area contributed by atoms with Crippen molar-refractivity contribution in [2.24, 2.45) is 0 Å². The zero-order chi connectivity index (χ0) is 16.8. The lowest BCUT2D eigenvalue weighted by Gasteiger charge is -2.09. The van der Waals surface area contributed by atoms with E-state index in [2.05, 4.69) is 21.2 Å². The van der Waals surface area contributed by atoms with E-state index < -0.39 is 11.9 Å². The third-order valence-corrected chi connectivity index (χ3v) is 3.67. The molecule has 0 bridgehead atoms. The Balaban J connectivity index is 2.27. The van der Waals surface area contributed by atoms with E-state index in [4.69, 9.17) is 16.3 Å². The number of carbonyl (C=O) groups excluding carboxylic acids is 2. The van der Waals surface area contributed by atoms with Crippen molar-refractivity contribution >= 4 is 45.5 Å². The molecule has 0 aliphatic rings. The van der Waals surface area contributed by atoms with Gasteiger partial charge in [0.2, 0.25) is 0 Å². The summed E-state index contributed by atoms with van der Waals surface area (Å²) < 4.78 is 5.48. The van der Waals surface area contributed by atoms with E-state index >= 15 is 0 Å². The maximum atomic E-state index is 12.3. The molecule has 1 amide bonds. The molecule has 4 nitrogen and oxygen atoms in total. The monoisotopic (exact) mass is 393 g/mol. The number of hydrogen-bond acceptors (Lipinski definition) is 3. The van der Waals surface area contributed by atoms with Gasteiger partial charge in [-0.2, -0.15) is 0 Å². The fourth-order valence-electron chi connectivity index (χ4n) is 1.81. The van der Waals surface area contributed by atoms with Gasteiger partial charge in [-0.1, -0.05) is 45.7 Å². The number of benzene rings is 2. The Hall–Kier alpha value is -2.11. The van der Waals surface area contributed by atoms with Gasteiger partial charge in [0.25, 0.3) is 5.91 Å². The first-order chi connectivity index (χ1) is 11.0. The number of nitrogens with one attached hydrogen (secondary N) is 1. The van der Waals surface area contributed by atoms with Gasteiger partial charge < -0.3 is 10.1 Å². The zero-order valence-electron chi connectivity index (χ0n) is 12.2. The highest BCUT2D eigenvalue weighted by Crippen LogP contribution is 2.14. The van der Waals surface area contributed by atoms with Crippen molar-refractivity contribution in [3.8, 4) is 0 Å². The Morgan fingerprint density at radius 2 is 1.87 bits per heavy atom. The summed E-state index contributed by atoms with van der Waals surface area (Å²) in [6.45, 7) is 0. The SMILES string of the molecule is COC(=O)/C(=C\c1ccc(Cl)cc1)NC(=O)c1cccc(Br)c1. The van der Waals surface area contributed by atoms with Crippen molar-refractivity contribution in [1.29, 1.82) is 0 Å². The fourth-order valence-corrected chi connectivity index (χ4v) is 2.33. The number of hydrogen-bond donors (Lipinski definition) is 1. The second-order valence-corrected chi connectivity index (χ2v) is 5.92. The Kier molecular flexibility index (Phi) is 5.96. The van der Waals surface area contributed by atoms with Crippen LogP contribution in [0.4, 0.5) is 0 Å². The van der Waals surface area contributed by atoms with Crippen LogP contribution in [0.15, 0.2) is 58.7 Å². The second kappa shape index (κ2) is 7.94. The van der Waals surface area contributed by atoms with Gasteiger partial charge >= 0.3 is 5.97 Å². The van der Waals surface area contributed by atoms with Crippen LogP contribution in [0.5, 0.6) is 0 Å². The van der Waals surface area contributed by atoms with Crippen LogP contribution in [0.2, 0.25) is 5.02 Å². The van der Waals surface area contributed by atoms with Gasteiger partial charge in [0.05, 0.1) is 7.11 Å². The predicted octanol–water partition coefficient (Wildman–Crippen LogP) is 4.05. The summed E-state index contributed by atoms with van der Waals surface area (Å²) in [6.07, 6.45) is 1.53. The van der Waals surface area contributed by atoms with Crippen molar-refractivity contribution in [3.63, 3.8) is 0 Å². The molecule has 2 rings (SSSR count). The molecule has 1 N–H and O–H groups in total. The number of rotatable bonds is 4. The highest BCUT2D eigenvalue weighted by Gasteiger charge is 2.15. The number of esters is 1. The Morgan fingerprint density at radius 1 is 1.17 bits per heavy atom. The average molecular weight is 395 g/mol. The first kappa shape index (κ1) is 17.2. The first-order valence-corrected chi connectivity index (χ1v) is 7.79. The molecule has 0 saturated carbocycles. The van der Waals surface area contributed by atoms with Gasteiger partial charge in [-0.15, -0.1) is 0 Å². The van der Waals surface area contributed by atoms with Gasteiger partial charge in [-0.05, 0) is 42.0 Å². The summed E-state index contributed by atoms with van der Waals surface area (Å²) in [5.74, 6) is -1.04. The van der Waals surface area contributed by atoms with Crippen molar-refractivity contribution in [1.82, 2.24) is 5.32 Å². The van der Waals surface area contributed by atoms with E-state index in [1.165, 1.54) is 13.2 Å². The second-order valence-electron chi connectivity index (χ2n) is 4.57. The molecule has 0 radical (unpaired) electrons. The molecule has 0 aromatic heterocycles. The van der Waals surface area contributed by atoms with Crippen LogP contribution in [-0.2, 0) is 9.53 Å². The van der Waals surface area contributed by atoms with E-state index in [0.29, 0.717) is 16.1 Å². The molecule has 0 aliphatic carbocycles. The topological polar surface area (TPSA) is 55.4 Å². The van der Waals surface area contributed by atoms with Gasteiger partial charge in [-0.25, -0.2) is 4.79 Å². The van der Waals surface area contributed by atoms with Crippen LogP contribution < -0.4 is 5.32 Å². The molecule has 2 aromatic carbocycles. The predicted molar refractivity (Wildman–Crippen MR) is 93.1 cm³/mol. The summed E-state index contributed by atoms with van der Waals surface area (Å²) in [5, 5.41) is 3.15. The molecule has 0 heterocycles. The normalized spacial score (nSPS) is 11.0. The minimum absolute atomic E-state index is 0.0415. The lowest BCUT2D eigenvalue weighted by Crippen LogP contribution is -2.28. The summed E-state index contributed by atoms with van der Waals surface area (Å²) in [5.41, 5.74) is 1.18. The van der Waals surface area contributed by atoms with Crippen LogP contribution in [0, 0.1) is 0 Å². The third-order valence-electron chi connectivity index (χ3n) is 2.92. The van der Waals surface area contributed by atoms with Crippen LogP contribution >= 0.6 is 27.5 Å². The molecule has 0 aliphatic heterocycles. The average Bonchev–Trinajstić information content (AvgIpc) is 2.55. The maximum Gasteiger partial charge on any atom is 0.354 e. The van der Waals surface area contributed by atoms with E-state index in [1.807, 2.05) is 6.07 Å². The molecule has 0 saturated heterocycles. The molecular formula is C17H13BrClNO3. The smallest absolute Gasteiger partial charge is 0.354 e. The van der Waals surface area contributed by atoms with Gasteiger partial charge in [0.15, 0.2) is 0 Å². The van der Waals surface area contributed by atoms with Crippen LogP contribution in [0.1, 0.15) is 15.9 Å². The summed E-state index contributed by atoms with van der Waals surface area (Å²) >= 11 is 9.13. The van der Waals surface area contributed by atoms with E-state index in [0.717, 1.165) is 4.47 Å². The van der Waals surface area contributed by atoms with Crippen molar-refractivity contribution in [3.05, 3.63) is 74.9 Å². The van der Waals surface area contributed by atoms with Crippen molar-refractivity contribution < 1.29 is 14.3 Å². The van der Waals surface area contributed by atoms with Crippen LogP contribution in [-0.4, -0.2) is 19.0 Å². The molecule has 23 heavy (non-hydrogen) atoms. The number of halogens is 2. The maximum absolute atomic E-state index is 12.3. The fraction of sp³-hybridized carbons (Fsp3) is 0.0588. The molecule has 6 heteroatoms. The van der Waals surface area contributed by atoms with Gasteiger partial charge in [-0.3, -0.25) is 4.79 Å². The standard InChI is InChI=1S/C17H13BrClNO3/c1-23-17(22)15(9-11-5-7-14(19)8-6-11)20-16(21)12-3-2-4-13(18)10-12/h2-10H,1H3,(H,20,21)/b15-9+. The molecule has 0 unspecified atom stereocenters. The molecule has 118 valence electrons. The molecule has 0 spiro atoms. The van der Waals surface area contributed by atoms with E-state index in [9.17, 15) is 9.59 Å². The molecular weight excluding hydrogens is 382 g/mol. The van der Waals surface area contributed by atoms with E-state index in [1.54, 1.807) is 42.5 Å². The third kappa shape index (κ3) is 4.94. The van der Waals surface area contributed by atoms with Crippen LogP contribution in [0.25, 0.3) is 6.08 Å². The summed E-state index contributed by atoms with van der Waals surface area (Å²) in [7, 11) is 1.25. The Labute approximate surface area is 147 Å². The highest BCUT2D eigenvalue weighted by atomic mass is 79.9. The Morgan fingerprint density at radius 3 is 2.48 bits per heavy atom. The Bertz CT molecular complexity index is 757.